The molecule has 0 heterocycles. The molecule has 0 radical (unpaired) electrons. The highest BCUT2D eigenvalue weighted by Crippen LogP contribution is 2.09. The van der Waals surface area contributed by atoms with Crippen molar-refractivity contribution in [3.8, 4) is 0 Å². The van der Waals surface area contributed by atoms with Gasteiger partial charge in [-0.2, -0.15) is 0 Å². The van der Waals surface area contributed by atoms with Crippen molar-refractivity contribution >= 4 is 18.0 Å². The van der Waals surface area contributed by atoms with Crippen LogP contribution in [0.25, 0.3) is 0 Å². The van der Waals surface area contributed by atoms with Crippen LogP contribution >= 0.6 is 0 Å². The number of amides is 2. The zero-order valence-electron chi connectivity index (χ0n) is 9.94. The summed E-state index contributed by atoms with van der Waals surface area (Å²) in [4.78, 5) is 33.7. The summed E-state index contributed by atoms with van der Waals surface area (Å²) >= 11 is 0. The number of carboxylic acid groups (broad SMARTS) is 1. The number of rotatable bonds is 3. The minimum absolute atomic E-state index is 0.217. The first-order chi connectivity index (χ1) is 7.13. The largest absolute Gasteiger partial charge is 0.481 e. The predicted molar refractivity (Wildman–Crippen MR) is 55.9 cm³/mol. The summed E-state index contributed by atoms with van der Waals surface area (Å²) in [5, 5.41) is 8.38. The molecule has 0 bridgehead atoms. The second-order valence-electron chi connectivity index (χ2n) is 4.33. The van der Waals surface area contributed by atoms with Gasteiger partial charge in [0.25, 0.3) is 0 Å². The van der Waals surface area contributed by atoms with Crippen LogP contribution in [0.5, 0.6) is 0 Å². The fourth-order valence-corrected chi connectivity index (χ4v) is 0.814. The molecule has 0 rings (SSSR count). The first kappa shape index (κ1) is 14.4. The van der Waals surface area contributed by atoms with E-state index in [1.54, 1.807) is 20.8 Å². The Kier molecular flexibility index (Phi) is 4.94. The topological polar surface area (TPSA) is 83.9 Å². The molecule has 92 valence electrons. The first-order valence-corrected chi connectivity index (χ1v) is 4.85. The molecule has 6 heteroatoms. The second-order valence-corrected chi connectivity index (χ2v) is 4.33. The van der Waals surface area contributed by atoms with Gasteiger partial charge in [-0.3, -0.25) is 14.5 Å². The van der Waals surface area contributed by atoms with Crippen molar-refractivity contribution in [2.75, 3.05) is 7.05 Å². The summed E-state index contributed by atoms with van der Waals surface area (Å²) in [5.74, 6) is -1.65. The summed E-state index contributed by atoms with van der Waals surface area (Å²) in [7, 11) is 1.26. The lowest BCUT2D eigenvalue weighted by molar-refractivity contribution is -0.140. The Balaban J connectivity index is 4.22. The van der Waals surface area contributed by atoms with Gasteiger partial charge in [0.1, 0.15) is 5.60 Å². The van der Waals surface area contributed by atoms with Gasteiger partial charge in [-0.15, -0.1) is 0 Å². The maximum Gasteiger partial charge on any atom is 0.416 e. The Bertz CT molecular complexity index is 292. The van der Waals surface area contributed by atoms with Gasteiger partial charge in [-0.1, -0.05) is 0 Å². The van der Waals surface area contributed by atoms with Crippen LogP contribution in [0.3, 0.4) is 0 Å². The highest BCUT2D eigenvalue weighted by molar-refractivity contribution is 5.92. The molecular weight excluding hydrogens is 214 g/mol. The highest BCUT2D eigenvalue weighted by Gasteiger charge is 2.23. The van der Waals surface area contributed by atoms with E-state index in [0.717, 1.165) is 4.90 Å². The molecule has 0 fully saturated rings. The molecule has 0 aliphatic rings. The number of aliphatic carboxylic acids is 1. The monoisotopic (exact) mass is 231 g/mol. The average Bonchev–Trinajstić information content (AvgIpc) is 2.10. The Morgan fingerprint density at radius 1 is 1.19 bits per heavy atom. The van der Waals surface area contributed by atoms with Crippen molar-refractivity contribution in [1.82, 2.24) is 4.90 Å². The molecule has 0 unspecified atom stereocenters. The minimum Gasteiger partial charge on any atom is -0.481 e. The number of carbonyl (C=O) groups is 3. The van der Waals surface area contributed by atoms with E-state index in [1.807, 2.05) is 0 Å². The smallest absolute Gasteiger partial charge is 0.416 e. The van der Waals surface area contributed by atoms with E-state index in [9.17, 15) is 14.4 Å². The van der Waals surface area contributed by atoms with Gasteiger partial charge in [0.15, 0.2) is 0 Å². The van der Waals surface area contributed by atoms with Crippen LogP contribution in [-0.4, -0.2) is 40.6 Å². The van der Waals surface area contributed by atoms with Gasteiger partial charge in [0.05, 0.1) is 6.42 Å². The number of carbonyl (C=O) groups excluding carboxylic acids is 2. The molecule has 0 aromatic carbocycles. The van der Waals surface area contributed by atoms with Crippen molar-refractivity contribution in [2.45, 2.75) is 39.2 Å². The van der Waals surface area contributed by atoms with Crippen molar-refractivity contribution in [1.29, 1.82) is 0 Å². The number of imide groups is 1. The van der Waals surface area contributed by atoms with E-state index in [1.165, 1.54) is 7.05 Å². The summed E-state index contributed by atoms with van der Waals surface area (Å²) in [6, 6.07) is 0. The van der Waals surface area contributed by atoms with Crippen molar-refractivity contribution < 1.29 is 24.2 Å². The third kappa shape index (κ3) is 6.00. The third-order valence-corrected chi connectivity index (χ3v) is 1.59. The number of hydrogen-bond donors (Lipinski definition) is 1. The molecule has 0 saturated heterocycles. The Labute approximate surface area is 94.2 Å². The van der Waals surface area contributed by atoms with Gasteiger partial charge in [0.2, 0.25) is 5.91 Å². The zero-order chi connectivity index (χ0) is 12.9. The maximum atomic E-state index is 11.4. The van der Waals surface area contributed by atoms with Gasteiger partial charge in [0, 0.05) is 13.5 Å². The molecule has 0 spiro atoms. The van der Waals surface area contributed by atoms with Crippen LogP contribution in [0.4, 0.5) is 4.79 Å². The summed E-state index contributed by atoms with van der Waals surface area (Å²) in [6.45, 7) is 5.04. The van der Waals surface area contributed by atoms with E-state index in [4.69, 9.17) is 9.84 Å². The van der Waals surface area contributed by atoms with Crippen LogP contribution in [0.2, 0.25) is 0 Å². The Hall–Kier alpha value is -1.59. The predicted octanol–water partition coefficient (Wildman–Crippen LogP) is 1.24. The van der Waals surface area contributed by atoms with Crippen molar-refractivity contribution in [3.63, 3.8) is 0 Å². The van der Waals surface area contributed by atoms with Crippen LogP contribution in [0, 0.1) is 0 Å². The molecule has 0 saturated carbocycles. The standard InChI is InChI=1S/C10H17NO5/c1-10(2,3)16-9(15)11(4)7(12)5-6-8(13)14/h5-6H2,1-4H3,(H,13,14). The molecule has 6 nitrogen and oxygen atoms in total. The van der Waals surface area contributed by atoms with Gasteiger partial charge < -0.3 is 9.84 Å². The molecule has 0 aliphatic carbocycles. The van der Waals surface area contributed by atoms with Crippen molar-refractivity contribution in [2.24, 2.45) is 0 Å². The third-order valence-electron chi connectivity index (χ3n) is 1.59. The molecule has 2 amide bonds. The lowest BCUT2D eigenvalue weighted by atomic mass is 10.2. The molecule has 0 aliphatic heterocycles. The quantitative estimate of drug-likeness (QED) is 0.790. The van der Waals surface area contributed by atoms with Crippen LogP contribution in [0.1, 0.15) is 33.6 Å². The lowest BCUT2D eigenvalue weighted by Gasteiger charge is -2.23. The fourth-order valence-electron chi connectivity index (χ4n) is 0.814. The maximum absolute atomic E-state index is 11.4. The summed E-state index contributed by atoms with van der Waals surface area (Å²) in [5.41, 5.74) is -0.682. The van der Waals surface area contributed by atoms with Crippen molar-refractivity contribution in [3.05, 3.63) is 0 Å². The second kappa shape index (κ2) is 5.48. The average molecular weight is 231 g/mol. The zero-order valence-corrected chi connectivity index (χ0v) is 9.94. The van der Waals surface area contributed by atoms with Gasteiger partial charge in [-0.25, -0.2) is 4.79 Å². The van der Waals surface area contributed by atoms with Gasteiger partial charge in [-0.05, 0) is 20.8 Å². The minimum atomic E-state index is -1.08. The van der Waals surface area contributed by atoms with Gasteiger partial charge >= 0.3 is 12.1 Å². The number of ether oxygens (including phenoxy) is 1. The molecule has 0 aromatic rings. The first-order valence-electron chi connectivity index (χ1n) is 4.85. The SMILES string of the molecule is CN(C(=O)CCC(=O)O)C(=O)OC(C)(C)C. The summed E-state index contributed by atoms with van der Waals surface area (Å²) < 4.78 is 4.95. The van der Waals surface area contributed by atoms with E-state index < -0.39 is 23.6 Å². The molecule has 16 heavy (non-hydrogen) atoms. The van der Waals surface area contributed by atoms with E-state index >= 15 is 0 Å². The molecular formula is C10H17NO5. The lowest BCUT2D eigenvalue weighted by Crippen LogP contribution is -2.38. The Morgan fingerprint density at radius 2 is 1.69 bits per heavy atom. The van der Waals surface area contributed by atoms with E-state index in [-0.39, 0.29) is 12.8 Å². The summed E-state index contributed by atoms with van der Waals surface area (Å²) in [6.07, 6.45) is -1.29. The molecule has 0 atom stereocenters. The van der Waals surface area contributed by atoms with E-state index in [0.29, 0.717) is 0 Å². The van der Waals surface area contributed by atoms with Crippen LogP contribution in [0.15, 0.2) is 0 Å². The highest BCUT2D eigenvalue weighted by atomic mass is 16.6. The van der Waals surface area contributed by atoms with Crippen LogP contribution in [-0.2, 0) is 14.3 Å². The Morgan fingerprint density at radius 3 is 2.06 bits per heavy atom. The van der Waals surface area contributed by atoms with Crippen LogP contribution < -0.4 is 0 Å². The van der Waals surface area contributed by atoms with E-state index in [2.05, 4.69) is 0 Å². The fraction of sp³-hybridized carbons (Fsp3) is 0.700. The number of carboxylic acids is 1. The normalized spacial score (nSPS) is 10.8. The number of hydrogen-bond acceptors (Lipinski definition) is 4. The molecule has 1 N–H and O–H groups in total. The molecule has 0 aromatic heterocycles. The number of nitrogens with zero attached hydrogens (tertiary/aromatic N) is 1.